The summed E-state index contributed by atoms with van der Waals surface area (Å²) >= 11 is 0. The van der Waals surface area contributed by atoms with E-state index in [2.05, 4.69) is 0 Å². The second-order valence-corrected chi connectivity index (χ2v) is 4.37. The Kier molecular flexibility index (Phi) is 4.82. The molecule has 0 aliphatic carbocycles. The Hall–Kier alpha value is -2.15. The van der Waals surface area contributed by atoms with Crippen LogP contribution in [0.4, 0.5) is 5.69 Å². The predicted octanol–water partition coefficient (Wildman–Crippen LogP) is 1.69. The Morgan fingerprint density at radius 2 is 2.11 bits per heavy atom. The quantitative estimate of drug-likeness (QED) is 0.600. The minimum absolute atomic E-state index is 0.0679. The first-order chi connectivity index (χ1) is 8.82. The number of carboxylic acids is 1. The molecular formula is C12H15NO6. The molecule has 0 fully saturated rings. The zero-order valence-electron chi connectivity index (χ0n) is 10.6. The van der Waals surface area contributed by atoms with Gasteiger partial charge in [0, 0.05) is 12.1 Å². The zero-order chi connectivity index (χ0) is 14.6. The van der Waals surface area contributed by atoms with Crippen molar-refractivity contribution in [2.24, 2.45) is 5.92 Å². The molecule has 7 nitrogen and oxygen atoms in total. The maximum absolute atomic E-state index is 10.8. The van der Waals surface area contributed by atoms with E-state index in [-0.39, 0.29) is 29.5 Å². The summed E-state index contributed by atoms with van der Waals surface area (Å²) in [5, 5.41) is 29.2. The van der Waals surface area contributed by atoms with Crippen molar-refractivity contribution in [3.05, 3.63) is 33.9 Å². The van der Waals surface area contributed by atoms with Gasteiger partial charge in [0.15, 0.2) is 5.75 Å². The molecule has 0 bridgehead atoms. The van der Waals surface area contributed by atoms with E-state index in [0.29, 0.717) is 0 Å². The molecule has 0 amide bonds. The van der Waals surface area contributed by atoms with E-state index in [1.54, 1.807) is 13.8 Å². The molecule has 2 N–H and O–H groups in total. The van der Waals surface area contributed by atoms with Gasteiger partial charge in [-0.25, -0.2) is 4.79 Å². The highest BCUT2D eigenvalue weighted by molar-refractivity contribution is 5.88. The van der Waals surface area contributed by atoms with Crippen molar-refractivity contribution < 1.29 is 24.7 Å². The number of nitro groups is 1. The second-order valence-electron chi connectivity index (χ2n) is 4.37. The summed E-state index contributed by atoms with van der Waals surface area (Å²) in [7, 11) is 0. The van der Waals surface area contributed by atoms with Crippen molar-refractivity contribution in [2.75, 3.05) is 6.61 Å². The van der Waals surface area contributed by atoms with Gasteiger partial charge in [-0.05, 0) is 12.0 Å². The Bertz CT molecular complexity index is 485. The highest BCUT2D eigenvalue weighted by Crippen LogP contribution is 2.28. The van der Waals surface area contributed by atoms with Crippen molar-refractivity contribution in [2.45, 2.75) is 20.0 Å². The number of ether oxygens (including phenoxy) is 1. The molecule has 0 aliphatic heterocycles. The van der Waals surface area contributed by atoms with E-state index >= 15 is 0 Å². The van der Waals surface area contributed by atoms with Crippen molar-refractivity contribution >= 4 is 11.7 Å². The average Bonchev–Trinajstić information content (AvgIpc) is 2.34. The molecule has 0 aromatic heterocycles. The molecular weight excluding hydrogens is 254 g/mol. The molecule has 0 saturated heterocycles. The minimum Gasteiger partial charge on any atom is -0.484 e. The molecule has 0 saturated carbocycles. The number of carboxylic acid groups (broad SMARTS) is 1. The summed E-state index contributed by atoms with van der Waals surface area (Å²) < 4.78 is 5.16. The highest BCUT2D eigenvalue weighted by Gasteiger charge is 2.19. The van der Waals surface area contributed by atoms with E-state index < -0.39 is 17.0 Å². The summed E-state index contributed by atoms with van der Waals surface area (Å²) in [6.45, 7) is 3.41. The van der Waals surface area contributed by atoms with Gasteiger partial charge in [0.05, 0.1) is 16.6 Å². The fraction of sp³-hybridized carbons (Fsp3) is 0.417. The van der Waals surface area contributed by atoms with Crippen LogP contribution in [0.3, 0.4) is 0 Å². The normalized spacial score (nSPS) is 12.2. The Labute approximate surface area is 109 Å². The zero-order valence-corrected chi connectivity index (χ0v) is 10.6. The molecule has 0 spiro atoms. The van der Waals surface area contributed by atoms with Crippen molar-refractivity contribution in [1.29, 1.82) is 0 Å². The molecule has 0 radical (unpaired) electrons. The summed E-state index contributed by atoms with van der Waals surface area (Å²) in [5.74, 6) is -1.43. The van der Waals surface area contributed by atoms with Crippen LogP contribution in [-0.2, 0) is 0 Å². The monoisotopic (exact) mass is 269 g/mol. The van der Waals surface area contributed by atoms with Gasteiger partial charge >= 0.3 is 11.7 Å². The number of aliphatic hydroxyl groups is 1. The molecule has 104 valence electrons. The lowest BCUT2D eigenvalue weighted by molar-refractivity contribution is -0.385. The van der Waals surface area contributed by atoms with Crippen LogP contribution in [-0.4, -0.2) is 33.8 Å². The fourth-order valence-corrected chi connectivity index (χ4v) is 1.28. The molecule has 19 heavy (non-hydrogen) atoms. The van der Waals surface area contributed by atoms with Gasteiger partial charge in [-0.15, -0.1) is 0 Å². The van der Waals surface area contributed by atoms with Crippen LogP contribution in [0.1, 0.15) is 24.2 Å². The molecule has 1 rings (SSSR count). The van der Waals surface area contributed by atoms with E-state index in [9.17, 15) is 20.0 Å². The molecule has 1 aromatic rings. The van der Waals surface area contributed by atoms with E-state index in [4.69, 9.17) is 9.84 Å². The van der Waals surface area contributed by atoms with Crippen molar-refractivity contribution in [3.63, 3.8) is 0 Å². The number of hydrogen-bond donors (Lipinski definition) is 2. The number of nitro benzene ring substituents is 1. The Morgan fingerprint density at radius 1 is 1.47 bits per heavy atom. The van der Waals surface area contributed by atoms with Gasteiger partial charge < -0.3 is 14.9 Å². The number of aromatic carboxylic acids is 1. The van der Waals surface area contributed by atoms with E-state index in [0.717, 1.165) is 18.2 Å². The smallest absolute Gasteiger partial charge is 0.335 e. The van der Waals surface area contributed by atoms with E-state index in [1.165, 1.54) is 0 Å². The van der Waals surface area contributed by atoms with Gasteiger partial charge in [0.25, 0.3) is 0 Å². The first kappa shape index (κ1) is 14.9. The van der Waals surface area contributed by atoms with Gasteiger partial charge in [0.2, 0.25) is 0 Å². The maximum Gasteiger partial charge on any atom is 0.335 e. The van der Waals surface area contributed by atoms with Gasteiger partial charge in [0.1, 0.15) is 6.61 Å². The lowest BCUT2D eigenvalue weighted by atomic mass is 10.1. The van der Waals surface area contributed by atoms with Crippen LogP contribution in [0.2, 0.25) is 0 Å². The third kappa shape index (κ3) is 3.92. The number of nitrogens with zero attached hydrogens (tertiary/aromatic N) is 1. The molecule has 0 heterocycles. The number of hydrogen-bond acceptors (Lipinski definition) is 5. The standard InChI is InChI=1S/C12H15NO6/c1-7(2)10(14)6-19-11-5-8(12(15)16)3-4-9(11)13(17)18/h3-5,7,10,14H,6H2,1-2H3,(H,15,16). The lowest BCUT2D eigenvalue weighted by Gasteiger charge is -2.15. The topological polar surface area (TPSA) is 110 Å². The van der Waals surface area contributed by atoms with Crippen molar-refractivity contribution in [1.82, 2.24) is 0 Å². The van der Waals surface area contributed by atoms with Gasteiger partial charge in [-0.3, -0.25) is 10.1 Å². The van der Waals surface area contributed by atoms with Crippen LogP contribution >= 0.6 is 0 Å². The summed E-state index contributed by atoms with van der Waals surface area (Å²) in [5.41, 5.74) is -0.444. The Morgan fingerprint density at radius 3 is 2.58 bits per heavy atom. The molecule has 7 heteroatoms. The van der Waals surface area contributed by atoms with Gasteiger partial charge in [-0.2, -0.15) is 0 Å². The van der Waals surface area contributed by atoms with Crippen molar-refractivity contribution in [3.8, 4) is 5.75 Å². The number of aliphatic hydroxyl groups excluding tert-OH is 1. The first-order valence-electron chi connectivity index (χ1n) is 5.65. The van der Waals surface area contributed by atoms with E-state index in [1.807, 2.05) is 0 Å². The predicted molar refractivity (Wildman–Crippen MR) is 66.4 cm³/mol. The summed E-state index contributed by atoms with van der Waals surface area (Å²) in [6, 6.07) is 3.28. The lowest BCUT2D eigenvalue weighted by Crippen LogP contribution is -2.23. The van der Waals surface area contributed by atoms with Crippen LogP contribution in [0.15, 0.2) is 18.2 Å². The molecule has 1 unspecified atom stereocenters. The third-order valence-electron chi connectivity index (χ3n) is 2.58. The van der Waals surface area contributed by atoms with Crippen LogP contribution in [0, 0.1) is 16.0 Å². The highest BCUT2D eigenvalue weighted by atomic mass is 16.6. The number of carbonyl (C=O) groups is 1. The largest absolute Gasteiger partial charge is 0.484 e. The average molecular weight is 269 g/mol. The van der Waals surface area contributed by atoms with Crippen LogP contribution in [0.5, 0.6) is 5.75 Å². The molecule has 1 atom stereocenters. The number of rotatable bonds is 6. The first-order valence-corrected chi connectivity index (χ1v) is 5.65. The van der Waals surface area contributed by atoms with Crippen LogP contribution in [0.25, 0.3) is 0 Å². The van der Waals surface area contributed by atoms with Crippen LogP contribution < -0.4 is 4.74 Å². The Balaban J connectivity index is 2.98. The minimum atomic E-state index is -1.20. The number of benzene rings is 1. The second kappa shape index (κ2) is 6.14. The SMILES string of the molecule is CC(C)C(O)COc1cc(C(=O)O)ccc1[N+](=O)[O-]. The summed E-state index contributed by atoms with van der Waals surface area (Å²) in [4.78, 5) is 20.9. The fourth-order valence-electron chi connectivity index (χ4n) is 1.28. The molecule has 1 aromatic carbocycles. The molecule has 0 aliphatic rings. The maximum atomic E-state index is 10.8. The third-order valence-corrected chi connectivity index (χ3v) is 2.58. The van der Waals surface area contributed by atoms with Gasteiger partial charge in [-0.1, -0.05) is 13.8 Å². The summed E-state index contributed by atoms with van der Waals surface area (Å²) in [6.07, 6.45) is -0.784.